The zero-order valence-electron chi connectivity index (χ0n) is 18.3. The normalized spacial score (nSPS) is 19.1. The Labute approximate surface area is 179 Å². The van der Waals surface area contributed by atoms with Crippen LogP contribution in [0, 0.1) is 13.8 Å². The summed E-state index contributed by atoms with van der Waals surface area (Å²) in [5, 5.41) is 0. The van der Waals surface area contributed by atoms with Crippen LogP contribution in [0.25, 0.3) is 0 Å². The quantitative estimate of drug-likeness (QED) is 0.660. The number of hydrogen-bond acceptors (Lipinski definition) is 5. The van der Waals surface area contributed by atoms with Gasteiger partial charge in [0.25, 0.3) is 5.91 Å². The highest BCUT2D eigenvalue weighted by Gasteiger charge is 2.37. The molecular formula is C23H31NO5S. The Morgan fingerprint density at radius 3 is 2.50 bits per heavy atom. The smallest absolute Gasteiger partial charge is 0.264 e. The first-order valence-electron chi connectivity index (χ1n) is 10.4. The lowest BCUT2D eigenvalue weighted by Crippen LogP contribution is -2.46. The van der Waals surface area contributed by atoms with E-state index in [2.05, 4.69) is 13.8 Å². The molecule has 1 aliphatic rings. The number of sulfone groups is 1. The maximum Gasteiger partial charge on any atom is 0.264 e. The molecular weight excluding hydrogens is 402 g/mol. The number of nitrogens with zero attached hydrogens (tertiary/aromatic N) is 1. The topological polar surface area (TPSA) is 76.8 Å². The molecule has 1 aromatic heterocycles. The van der Waals surface area contributed by atoms with Gasteiger partial charge in [-0.25, -0.2) is 8.42 Å². The number of carbonyl (C=O) groups excluding carboxylic acids is 1. The third-order valence-corrected chi connectivity index (χ3v) is 7.25. The van der Waals surface area contributed by atoms with E-state index in [4.69, 9.17) is 9.15 Å². The third-order valence-electron chi connectivity index (χ3n) is 5.50. The summed E-state index contributed by atoms with van der Waals surface area (Å²) >= 11 is 0. The van der Waals surface area contributed by atoms with Crippen LogP contribution in [0.4, 0.5) is 0 Å². The van der Waals surface area contributed by atoms with Gasteiger partial charge in [0.15, 0.2) is 15.9 Å². The van der Waals surface area contributed by atoms with Crippen molar-refractivity contribution in [1.29, 1.82) is 0 Å². The summed E-state index contributed by atoms with van der Waals surface area (Å²) in [7, 11) is -3.13. The molecule has 7 heteroatoms. The van der Waals surface area contributed by atoms with Crippen LogP contribution in [0.1, 0.15) is 55.8 Å². The average Bonchev–Trinajstić information content (AvgIpc) is 3.23. The number of rotatable bonds is 7. The van der Waals surface area contributed by atoms with Gasteiger partial charge in [-0.3, -0.25) is 4.79 Å². The molecule has 164 valence electrons. The highest BCUT2D eigenvalue weighted by molar-refractivity contribution is 7.91. The molecule has 1 saturated heterocycles. The van der Waals surface area contributed by atoms with Crippen LogP contribution in [0.15, 0.2) is 34.7 Å². The number of ether oxygens (including phenoxy) is 1. The summed E-state index contributed by atoms with van der Waals surface area (Å²) in [6, 6.07) is 9.29. The van der Waals surface area contributed by atoms with Gasteiger partial charge in [-0.05, 0) is 62.4 Å². The third kappa shape index (κ3) is 5.25. The molecule has 2 atom stereocenters. The van der Waals surface area contributed by atoms with Gasteiger partial charge in [0.05, 0.1) is 18.1 Å². The van der Waals surface area contributed by atoms with Crippen molar-refractivity contribution in [3.8, 4) is 5.75 Å². The van der Waals surface area contributed by atoms with Crippen molar-refractivity contribution in [1.82, 2.24) is 4.90 Å². The largest absolute Gasteiger partial charge is 0.481 e. The van der Waals surface area contributed by atoms with Gasteiger partial charge in [-0.2, -0.15) is 0 Å². The molecule has 6 nitrogen and oxygen atoms in total. The van der Waals surface area contributed by atoms with Crippen LogP contribution in [-0.2, 0) is 21.2 Å². The van der Waals surface area contributed by atoms with E-state index in [1.807, 2.05) is 44.2 Å². The molecule has 0 saturated carbocycles. The lowest BCUT2D eigenvalue weighted by molar-refractivity contribution is -0.141. The van der Waals surface area contributed by atoms with E-state index in [1.54, 1.807) is 11.8 Å². The van der Waals surface area contributed by atoms with E-state index in [-0.39, 0.29) is 35.9 Å². The van der Waals surface area contributed by atoms with Gasteiger partial charge in [0, 0.05) is 6.04 Å². The van der Waals surface area contributed by atoms with Crippen molar-refractivity contribution in [2.24, 2.45) is 0 Å². The molecule has 1 fully saturated rings. The maximum atomic E-state index is 13.4. The van der Waals surface area contributed by atoms with Crippen LogP contribution >= 0.6 is 0 Å². The number of amides is 1. The van der Waals surface area contributed by atoms with Gasteiger partial charge in [0.2, 0.25) is 0 Å². The van der Waals surface area contributed by atoms with Crippen molar-refractivity contribution in [2.75, 3.05) is 11.5 Å². The van der Waals surface area contributed by atoms with Gasteiger partial charge >= 0.3 is 0 Å². The summed E-state index contributed by atoms with van der Waals surface area (Å²) in [6.45, 7) is 9.94. The van der Waals surface area contributed by atoms with E-state index in [0.717, 1.165) is 16.9 Å². The van der Waals surface area contributed by atoms with E-state index < -0.39 is 15.9 Å². The summed E-state index contributed by atoms with van der Waals surface area (Å²) in [4.78, 5) is 15.0. The fraction of sp³-hybridized carbons (Fsp3) is 0.522. The van der Waals surface area contributed by atoms with Gasteiger partial charge in [-0.1, -0.05) is 26.0 Å². The zero-order chi connectivity index (χ0) is 22.1. The second-order valence-electron chi connectivity index (χ2n) is 8.49. The molecule has 0 N–H and O–H groups in total. The Hall–Kier alpha value is -2.28. The van der Waals surface area contributed by atoms with E-state index in [1.165, 1.54) is 0 Å². The molecule has 0 unspecified atom stereocenters. The van der Waals surface area contributed by atoms with Crippen LogP contribution < -0.4 is 4.74 Å². The molecule has 0 spiro atoms. The maximum absolute atomic E-state index is 13.4. The minimum Gasteiger partial charge on any atom is -0.481 e. The van der Waals surface area contributed by atoms with Crippen molar-refractivity contribution in [2.45, 2.75) is 65.6 Å². The van der Waals surface area contributed by atoms with Crippen molar-refractivity contribution in [3.05, 3.63) is 53.0 Å². The monoisotopic (exact) mass is 433 g/mol. The summed E-state index contributed by atoms with van der Waals surface area (Å²) < 4.78 is 35.9. The highest BCUT2D eigenvalue weighted by Crippen LogP contribution is 2.29. The Kier molecular flexibility index (Phi) is 6.60. The lowest BCUT2D eigenvalue weighted by atomic mass is 10.0. The van der Waals surface area contributed by atoms with E-state index >= 15 is 0 Å². The molecule has 2 heterocycles. The van der Waals surface area contributed by atoms with Crippen LogP contribution in [-0.4, -0.2) is 42.9 Å². The van der Waals surface area contributed by atoms with Crippen molar-refractivity contribution in [3.63, 3.8) is 0 Å². The number of carbonyl (C=O) groups is 1. The standard InChI is InChI=1S/C23H31NO5S/c1-15(2)21-9-6-16(3)12-22(21)29-18(5)23(25)24(13-20-8-7-17(4)28-20)19-10-11-30(26,27)14-19/h6-9,12,15,18-19H,10-11,13-14H2,1-5H3/t18-,19+/m0/s1. The second-order valence-corrected chi connectivity index (χ2v) is 10.7. The molecule has 30 heavy (non-hydrogen) atoms. The summed E-state index contributed by atoms with van der Waals surface area (Å²) in [5.74, 6) is 2.18. The molecule has 1 aliphatic heterocycles. The molecule has 0 aliphatic carbocycles. The summed E-state index contributed by atoms with van der Waals surface area (Å²) in [6.07, 6.45) is -0.314. The zero-order valence-corrected chi connectivity index (χ0v) is 19.2. The lowest BCUT2D eigenvalue weighted by Gasteiger charge is -2.30. The fourth-order valence-corrected chi connectivity index (χ4v) is 5.57. The van der Waals surface area contributed by atoms with E-state index in [9.17, 15) is 13.2 Å². The fourth-order valence-electron chi connectivity index (χ4n) is 3.84. The molecule has 0 bridgehead atoms. The highest BCUT2D eigenvalue weighted by atomic mass is 32.2. The molecule has 0 radical (unpaired) electrons. The SMILES string of the molecule is Cc1ccc(C(C)C)c(O[C@@H](C)C(=O)N(Cc2ccc(C)o2)[C@@H]2CCS(=O)(=O)C2)c1. The number of furan rings is 1. The Morgan fingerprint density at radius 2 is 1.93 bits per heavy atom. The predicted molar refractivity (Wildman–Crippen MR) is 116 cm³/mol. The minimum absolute atomic E-state index is 0.0210. The Bertz CT molecular complexity index is 1010. The molecule has 1 amide bonds. The van der Waals surface area contributed by atoms with Crippen LogP contribution in [0.5, 0.6) is 5.75 Å². The Morgan fingerprint density at radius 1 is 1.20 bits per heavy atom. The Balaban J connectivity index is 1.84. The molecule has 1 aromatic carbocycles. The average molecular weight is 434 g/mol. The first-order chi connectivity index (χ1) is 14.1. The summed E-state index contributed by atoms with van der Waals surface area (Å²) in [5.41, 5.74) is 2.09. The van der Waals surface area contributed by atoms with Crippen molar-refractivity contribution >= 4 is 15.7 Å². The molecule has 3 rings (SSSR count). The first kappa shape index (κ1) is 22.4. The molecule has 2 aromatic rings. The van der Waals surface area contributed by atoms with E-state index in [0.29, 0.717) is 17.9 Å². The number of benzene rings is 1. The number of aryl methyl sites for hydroxylation is 2. The first-order valence-corrected chi connectivity index (χ1v) is 12.2. The van der Waals surface area contributed by atoms with Crippen LogP contribution in [0.3, 0.4) is 0 Å². The predicted octanol–water partition coefficient (Wildman–Crippen LogP) is 4.00. The second kappa shape index (κ2) is 8.84. The van der Waals surface area contributed by atoms with Gasteiger partial charge < -0.3 is 14.1 Å². The minimum atomic E-state index is -3.13. The number of hydrogen-bond donors (Lipinski definition) is 0. The van der Waals surface area contributed by atoms with Crippen LogP contribution in [0.2, 0.25) is 0 Å². The van der Waals surface area contributed by atoms with Crippen molar-refractivity contribution < 1.29 is 22.4 Å². The van der Waals surface area contributed by atoms with Gasteiger partial charge in [0.1, 0.15) is 17.3 Å². The van der Waals surface area contributed by atoms with Gasteiger partial charge in [-0.15, -0.1) is 0 Å².